The van der Waals surface area contributed by atoms with E-state index in [1.54, 1.807) is 20.8 Å². The highest BCUT2D eigenvalue weighted by atomic mass is 16.6. The van der Waals surface area contributed by atoms with Gasteiger partial charge in [0.2, 0.25) is 5.91 Å². The van der Waals surface area contributed by atoms with Crippen LogP contribution in [0.2, 0.25) is 0 Å². The van der Waals surface area contributed by atoms with Gasteiger partial charge in [-0.15, -0.1) is 0 Å². The van der Waals surface area contributed by atoms with Gasteiger partial charge in [0.05, 0.1) is 6.61 Å². The molecule has 27 heavy (non-hydrogen) atoms. The van der Waals surface area contributed by atoms with Crippen LogP contribution in [0, 0.1) is 11.8 Å². The number of rotatable bonds is 6. The van der Waals surface area contributed by atoms with Gasteiger partial charge in [-0.05, 0) is 45.4 Å². The summed E-state index contributed by atoms with van der Waals surface area (Å²) in [4.78, 5) is 24.5. The van der Waals surface area contributed by atoms with Crippen molar-refractivity contribution in [1.82, 2.24) is 10.6 Å². The molecular weight excluding hydrogens is 344 g/mol. The molecule has 158 valence electrons. The SMILES string of the molecule is COCC(NC(=O)OC(C)(C)C)C(=O)NCC1CCCCCC(C)CCC1. The second-order valence-electron chi connectivity index (χ2n) is 8.94. The summed E-state index contributed by atoms with van der Waals surface area (Å²) in [5.74, 6) is 1.10. The molecule has 6 nitrogen and oxygen atoms in total. The first-order valence-corrected chi connectivity index (χ1v) is 10.5. The number of methoxy groups -OCH3 is 1. The minimum Gasteiger partial charge on any atom is -0.444 e. The molecule has 0 heterocycles. The average Bonchev–Trinajstić information content (AvgIpc) is 2.56. The van der Waals surface area contributed by atoms with Gasteiger partial charge in [-0.25, -0.2) is 4.79 Å². The molecule has 1 fully saturated rings. The lowest BCUT2D eigenvalue weighted by molar-refractivity contribution is -0.124. The minimum atomic E-state index is -0.746. The molecular formula is C21H40N2O4. The van der Waals surface area contributed by atoms with Crippen LogP contribution in [0.15, 0.2) is 0 Å². The Hall–Kier alpha value is -1.30. The normalized spacial score (nSPS) is 23.1. The molecule has 0 aliphatic heterocycles. The van der Waals surface area contributed by atoms with Crippen molar-refractivity contribution < 1.29 is 19.1 Å². The highest BCUT2D eigenvalue weighted by molar-refractivity contribution is 5.85. The van der Waals surface area contributed by atoms with E-state index in [4.69, 9.17) is 9.47 Å². The molecule has 0 bridgehead atoms. The number of ether oxygens (including phenoxy) is 2. The van der Waals surface area contributed by atoms with Crippen molar-refractivity contribution in [3.8, 4) is 0 Å². The van der Waals surface area contributed by atoms with Crippen LogP contribution in [0.3, 0.4) is 0 Å². The van der Waals surface area contributed by atoms with Crippen LogP contribution in [0.5, 0.6) is 0 Å². The maximum Gasteiger partial charge on any atom is 0.408 e. The van der Waals surface area contributed by atoms with Gasteiger partial charge in [0.25, 0.3) is 0 Å². The van der Waals surface area contributed by atoms with E-state index < -0.39 is 17.7 Å². The van der Waals surface area contributed by atoms with Crippen LogP contribution in [-0.2, 0) is 14.3 Å². The molecule has 0 aromatic heterocycles. The van der Waals surface area contributed by atoms with Crippen LogP contribution in [0.25, 0.3) is 0 Å². The zero-order valence-electron chi connectivity index (χ0n) is 17.9. The second kappa shape index (κ2) is 12.2. The maximum absolute atomic E-state index is 12.5. The topological polar surface area (TPSA) is 76.7 Å². The van der Waals surface area contributed by atoms with Gasteiger partial charge in [0.1, 0.15) is 11.6 Å². The van der Waals surface area contributed by atoms with Gasteiger partial charge in [-0.3, -0.25) is 4.79 Å². The zero-order chi connectivity index (χ0) is 20.3. The third kappa shape index (κ3) is 11.2. The van der Waals surface area contributed by atoms with Crippen LogP contribution in [0.1, 0.15) is 79.1 Å². The highest BCUT2D eigenvalue weighted by Crippen LogP contribution is 2.24. The summed E-state index contributed by atoms with van der Waals surface area (Å²) >= 11 is 0. The molecule has 0 spiro atoms. The van der Waals surface area contributed by atoms with Gasteiger partial charge in [0, 0.05) is 13.7 Å². The highest BCUT2D eigenvalue weighted by Gasteiger charge is 2.25. The number of alkyl carbamates (subject to hydrolysis) is 1. The lowest BCUT2D eigenvalue weighted by Gasteiger charge is -2.24. The van der Waals surface area contributed by atoms with Gasteiger partial charge in [0.15, 0.2) is 0 Å². The van der Waals surface area contributed by atoms with E-state index in [1.165, 1.54) is 45.6 Å². The fourth-order valence-electron chi connectivity index (χ4n) is 3.52. The Balaban J connectivity index is 2.49. The van der Waals surface area contributed by atoms with Crippen molar-refractivity contribution in [2.45, 2.75) is 90.7 Å². The molecule has 1 saturated carbocycles. The van der Waals surface area contributed by atoms with Crippen molar-refractivity contribution in [3.63, 3.8) is 0 Å². The number of carbonyl (C=O) groups is 2. The molecule has 1 aliphatic carbocycles. The van der Waals surface area contributed by atoms with Crippen LogP contribution >= 0.6 is 0 Å². The van der Waals surface area contributed by atoms with E-state index in [2.05, 4.69) is 17.6 Å². The summed E-state index contributed by atoms with van der Waals surface area (Å²) < 4.78 is 10.3. The van der Waals surface area contributed by atoms with Crippen molar-refractivity contribution in [2.24, 2.45) is 11.8 Å². The van der Waals surface area contributed by atoms with E-state index >= 15 is 0 Å². The summed E-state index contributed by atoms with van der Waals surface area (Å²) in [6.07, 6.45) is 9.37. The Labute approximate surface area is 165 Å². The molecule has 0 saturated heterocycles. The zero-order valence-corrected chi connectivity index (χ0v) is 17.9. The Kier molecular flexibility index (Phi) is 10.7. The van der Waals surface area contributed by atoms with Gasteiger partial charge < -0.3 is 20.1 Å². The van der Waals surface area contributed by atoms with Gasteiger partial charge in [-0.2, -0.15) is 0 Å². The Morgan fingerprint density at radius 2 is 1.67 bits per heavy atom. The maximum atomic E-state index is 12.5. The van der Waals surface area contributed by atoms with E-state index in [9.17, 15) is 9.59 Å². The van der Waals surface area contributed by atoms with E-state index in [-0.39, 0.29) is 12.5 Å². The summed E-state index contributed by atoms with van der Waals surface area (Å²) in [5.41, 5.74) is -0.606. The molecule has 3 unspecified atom stereocenters. The third-order valence-corrected chi connectivity index (χ3v) is 5.02. The van der Waals surface area contributed by atoms with Crippen LogP contribution < -0.4 is 10.6 Å². The number of nitrogens with one attached hydrogen (secondary N) is 2. The predicted octanol–water partition coefficient (Wildman–Crippen LogP) is 4.03. The van der Waals surface area contributed by atoms with Crippen molar-refractivity contribution in [3.05, 3.63) is 0 Å². The lowest BCUT2D eigenvalue weighted by Crippen LogP contribution is -2.51. The standard InChI is InChI=1S/C21H40N2O4/c1-16-10-7-6-8-12-17(13-9-11-16)14-22-19(24)18(15-26-5)23-20(25)27-21(2,3)4/h16-18H,6-15H2,1-5H3,(H,22,24)(H,23,25). The van der Waals surface area contributed by atoms with E-state index in [0.29, 0.717) is 12.5 Å². The summed E-state index contributed by atoms with van der Waals surface area (Å²) in [7, 11) is 1.51. The number of carbonyl (C=O) groups excluding carboxylic acids is 2. The summed E-state index contributed by atoms with van der Waals surface area (Å²) in [6.45, 7) is 8.49. The molecule has 0 aromatic rings. The molecule has 6 heteroatoms. The Bertz CT molecular complexity index is 448. The molecule has 0 radical (unpaired) electrons. The summed E-state index contributed by atoms with van der Waals surface area (Å²) in [5, 5.41) is 5.62. The second-order valence-corrected chi connectivity index (χ2v) is 8.94. The third-order valence-electron chi connectivity index (χ3n) is 5.02. The van der Waals surface area contributed by atoms with Crippen LogP contribution in [0.4, 0.5) is 4.79 Å². The van der Waals surface area contributed by atoms with E-state index in [0.717, 1.165) is 18.8 Å². The molecule has 3 atom stereocenters. The minimum absolute atomic E-state index is 0.118. The molecule has 0 aromatic carbocycles. The van der Waals surface area contributed by atoms with Crippen molar-refractivity contribution >= 4 is 12.0 Å². The first-order valence-electron chi connectivity index (χ1n) is 10.5. The first-order chi connectivity index (χ1) is 12.7. The van der Waals surface area contributed by atoms with Crippen molar-refractivity contribution in [1.29, 1.82) is 0 Å². The average molecular weight is 385 g/mol. The molecule has 1 rings (SSSR count). The predicted molar refractivity (Wildman–Crippen MR) is 108 cm³/mol. The van der Waals surface area contributed by atoms with Crippen LogP contribution in [-0.4, -0.2) is 43.9 Å². The lowest BCUT2D eigenvalue weighted by atomic mass is 9.88. The van der Waals surface area contributed by atoms with Crippen molar-refractivity contribution in [2.75, 3.05) is 20.3 Å². The fraction of sp³-hybridized carbons (Fsp3) is 0.905. The Morgan fingerprint density at radius 3 is 2.33 bits per heavy atom. The Morgan fingerprint density at radius 1 is 1.04 bits per heavy atom. The number of hydrogen-bond donors (Lipinski definition) is 2. The van der Waals surface area contributed by atoms with Gasteiger partial charge in [-0.1, -0.05) is 45.4 Å². The fourth-order valence-corrected chi connectivity index (χ4v) is 3.52. The van der Waals surface area contributed by atoms with Gasteiger partial charge >= 0.3 is 6.09 Å². The first kappa shape index (κ1) is 23.7. The summed E-state index contributed by atoms with van der Waals surface area (Å²) in [6, 6.07) is -0.746. The largest absolute Gasteiger partial charge is 0.444 e. The molecule has 1 aliphatic rings. The number of amides is 2. The number of hydrogen-bond acceptors (Lipinski definition) is 4. The smallest absolute Gasteiger partial charge is 0.408 e. The van der Waals surface area contributed by atoms with E-state index in [1.807, 2.05) is 0 Å². The molecule has 2 amide bonds. The monoisotopic (exact) mass is 384 g/mol. The quantitative estimate of drug-likeness (QED) is 0.725. The molecule has 2 N–H and O–H groups in total.